The highest BCUT2D eigenvalue weighted by atomic mass is 19.4. The maximum absolute atomic E-state index is 12.5. The molecule has 8 heteroatoms. The van der Waals surface area contributed by atoms with E-state index in [9.17, 15) is 18.0 Å². The van der Waals surface area contributed by atoms with Gasteiger partial charge in [0.1, 0.15) is 5.75 Å². The molecular weight excluding hydrogens is 325 g/mol. The molecule has 0 fully saturated rings. The van der Waals surface area contributed by atoms with Crippen LogP contribution in [0, 0.1) is 0 Å². The topological polar surface area (TPSA) is 71.5 Å². The zero-order valence-electron chi connectivity index (χ0n) is 12.7. The summed E-state index contributed by atoms with van der Waals surface area (Å²) in [6.45, 7) is 1.64. The summed E-state index contributed by atoms with van der Waals surface area (Å²) in [6, 6.07) is 8.05. The Morgan fingerprint density at radius 1 is 1.33 bits per heavy atom. The maximum Gasteiger partial charge on any atom is 0.417 e. The van der Waals surface area contributed by atoms with Crippen molar-refractivity contribution < 1.29 is 27.8 Å². The number of hydrogen-bond acceptors (Lipinski definition) is 4. The minimum absolute atomic E-state index is 0.0236. The lowest BCUT2D eigenvalue weighted by Crippen LogP contribution is -2.30. The number of amides is 1. The molecule has 0 saturated carbocycles. The number of aliphatic hydroxyl groups excluding tert-OH is 1. The summed E-state index contributed by atoms with van der Waals surface area (Å²) in [5, 5.41) is 11.7. The van der Waals surface area contributed by atoms with Crippen molar-refractivity contribution in [1.29, 1.82) is 0 Å². The van der Waals surface area contributed by atoms with E-state index in [1.165, 1.54) is 13.0 Å². The van der Waals surface area contributed by atoms with Crippen LogP contribution >= 0.6 is 0 Å². The Kier molecular flexibility index (Phi) is 5.40. The summed E-state index contributed by atoms with van der Waals surface area (Å²) in [4.78, 5) is 15.5. The number of nitrogens with zero attached hydrogens (tertiary/aromatic N) is 1. The first-order chi connectivity index (χ1) is 11.3. The molecule has 1 aromatic heterocycles. The molecule has 0 bridgehead atoms. The van der Waals surface area contributed by atoms with Gasteiger partial charge < -0.3 is 15.2 Å². The van der Waals surface area contributed by atoms with Crippen LogP contribution in [0.15, 0.2) is 42.6 Å². The minimum Gasteiger partial charge on any atom is -0.439 e. The van der Waals surface area contributed by atoms with Crippen LogP contribution in [-0.4, -0.2) is 28.6 Å². The lowest BCUT2D eigenvalue weighted by molar-refractivity contribution is -0.137. The zero-order chi connectivity index (χ0) is 17.7. The van der Waals surface area contributed by atoms with Gasteiger partial charge in [-0.1, -0.05) is 6.07 Å². The van der Waals surface area contributed by atoms with Crippen LogP contribution in [0.25, 0.3) is 0 Å². The molecule has 2 N–H and O–H groups in total. The number of carbonyl (C=O) groups excluding carboxylic acids is 1. The minimum atomic E-state index is -4.46. The van der Waals surface area contributed by atoms with E-state index in [1.807, 2.05) is 0 Å². The SMILES string of the molecule is CC(O)CNC(=O)c1cccc(Oc2ccc(C(F)(F)F)cn2)c1. The van der Waals surface area contributed by atoms with Crippen molar-refractivity contribution in [2.24, 2.45) is 0 Å². The number of pyridine rings is 1. The number of ether oxygens (including phenoxy) is 1. The van der Waals surface area contributed by atoms with Gasteiger partial charge >= 0.3 is 6.18 Å². The second-order valence-electron chi connectivity index (χ2n) is 5.07. The Balaban J connectivity index is 2.08. The Bertz CT molecular complexity index is 700. The largest absolute Gasteiger partial charge is 0.439 e. The molecule has 0 spiro atoms. The molecule has 1 amide bonds. The lowest BCUT2D eigenvalue weighted by Gasteiger charge is -2.10. The first-order valence-electron chi connectivity index (χ1n) is 7.03. The highest BCUT2D eigenvalue weighted by Gasteiger charge is 2.30. The molecular formula is C16H15F3N2O3. The first-order valence-corrected chi connectivity index (χ1v) is 7.03. The van der Waals surface area contributed by atoms with Gasteiger partial charge in [-0.15, -0.1) is 0 Å². The van der Waals surface area contributed by atoms with Gasteiger partial charge in [0.05, 0.1) is 11.7 Å². The van der Waals surface area contributed by atoms with Crippen molar-refractivity contribution in [1.82, 2.24) is 10.3 Å². The third-order valence-corrected chi connectivity index (χ3v) is 2.94. The fraction of sp³-hybridized carbons (Fsp3) is 0.250. The van der Waals surface area contributed by atoms with Gasteiger partial charge in [0, 0.05) is 24.4 Å². The summed E-state index contributed by atoms with van der Waals surface area (Å²) < 4.78 is 42.8. The van der Waals surface area contributed by atoms with Crippen molar-refractivity contribution in [2.75, 3.05) is 6.54 Å². The molecule has 0 saturated heterocycles. The van der Waals surface area contributed by atoms with Crippen LogP contribution < -0.4 is 10.1 Å². The number of aliphatic hydroxyl groups is 1. The van der Waals surface area contributed by atoms with Crippen LogP contribution in [0.5, 0.6) is 11.6 Å². The lowest BCUT2D eigenvalue weighted by atomic mass is 10.2. The third-order valence-electron chi connectivity index (χ3n) is 2.94. The number of hydrogen-bond donors (Lipinski definition) is 2. The van der Waals surface area contributed by atoms with E-state index in [0.29, 0.717) is 11.8 Å². The summed E-state index contributed by atoms with van der Waals surface area (Å²) in [5.41, 5.74) is -0.582. The predicted molar refractivity (Wildman–Crippen MR) is 79.8 cm³/mol. The van der Waals surface area contributed by atoms with E-state index in [-0.39, 0.29) is 18.2 Å². The summed E-state index contributed by atoms with van der Waals surface area (Å²) in [7, 11) is 0. The number of nitrogens with one attached hydrogen (secondary N) is 1. The molecule has 2 aromatic rings. The molecule has 1 aromatic carbocycles. The van der Waals surface area contributed by atoms with Crippen LogP contribution in [0.4, 0.5) is 13.2 Å². The molecule has 5 nitrogen and oxygen atoms in total. The number of rotatable bonds is 5. The maximum atomic E-state index is 12.5. The zero-order valence-corrected chi connectivity index (χ0v) is 12.7. The van der Waals surface area contributed by atoms with E-state index in [1.54, 1.807) is 18.2 Å². The molecule has 1 heterocycles. The van der Waals surface area contributed by atoms with Crippen LogP contribution in [0.3, 0.4) is 0 Å². The molecule has 0 aliphatic heterocycles. The van der Waals surface area contributed by atoms with E-state index in [0.717, 1.165) is 12.1 Å². The number of benzene rings is 1. The van der Waals surface area contributed by atoms with Gasteiger partial charge in [-0.3, -0.25) is 4.79 Å². The van der Waals surface area contributed by atoms with Crippen molar-refractivity contribution in [3.05, 3.63) is 53.7 Å². The van der Waals surface area contributed by atoms with E-state index in [4.69, 9.17) is 9.84 Å². The van der Waals surface area contributed by atoms with Crippen molar-refractivity contribution >= 4 is 5.91 Å². The number of alkyl halides is 3. The first kappa shape index (κ1) is 17.7. The molecule has 2 rings (SSSR count). The van der Waals surface area contributed by atoms with E-state index >= 15 is 0 Å². The van der Waals surface area contributed by atoms with E-state index in [2.05, 4.69) is 10.3 Å². The number of halogens is 3. The standard InChI is InChI=1S/C16H15F3N2O3/c1-10(22)8-21-15(23)11-3-2-4-13(7-11)24-14-6-5-12(9-20-14)16(17,18)19/h2-7,9-10,22H,8H2,1H3,(H,21,23). The fourth-order valence-corrected chi connectivity index (χ4v) is 1.77. The molecule has 1 unspecified atom stereocenters. The third kappa shape index (κ3) is 4.95. The summed E-state index contributed by atoms with van der Waals surface area (Å²) in [6.07, 6.45) is -4.47. The molecule has 128 valence electrons. The van der Waals surface area contributed by atoms with Crippen molar-refractivity contribution in [3.8, 4) is 11.6 Å². The second-order valence-corrected chi connectivity index (χ2v) is 5.07. The Labute approximate surface area is 136 Å². The molecule has 1 atom stereocenters. The summed E-state index contributed by atoms with van der Waals surface area (Å²) >= 11 is 0. The second kappa shape index (κ2) is 7.31. The predicted octanol–water partition coefficient (Wildman–Crippen LogP) is 3.00. The van der Waals surface area contributed by atoms with Crippen LogP contribution in [0.1, 0.15) is 22.8 Å². The van der Waals surface area contributed by atoms with Gasteiger partial charge in [0.15, 0.2) is 0 Å². The van der Waals surface area contributed by atoms with Crippen molar-refractivity contribution in [2.45, 2.75) is 19.2 Å². The Morgan fingerprint density at radius 3 is 2.67 bits per heavy atom. The number of carbonyl (C=O) groups is 1. The van der Waals surface area contributed by atoms with Gasteiger partial charge in [0.2, 0.25) is 5.88 Å². The molecule has 0 aliphatic carbocycles. The highest BCUT2D eigenvalue weighted by Crippen LogP contribution is 2.30. The Hall–Kier alpha value is -2.61. The average molecular weight is 340 g/mol. The monoisotopic (exact) mass is 340 g/mol. The van der Waals surface area contributed by atoms with Crippen LogP contribution in [-0.2, 0) is 6.18 Å². The van der Waals surface area contributed by atoms with Gasteiger partial charge in [-0.05, 0) is 31.2 Å². The normalized spacial score (nSPS) is 12.5. The fourth-order valence-electron chi connectivity index (χ4n) is 1.77. The quantitative estimate of drug-likeness (QED) is 0.878. The van der Waals surface area contributed by atoms with Gasteiger partial charge in [-0.25, -0.2) is 4.98 Å². The smallest absolute Gasteiger partial charge is 0.417 e. The van der Waals surface area contributed by atoms with E-state index < -0.39 is 23.8 Å². The van der Waals surface area contributed by atoms with Gasteiger partial charge in [-0.2, -0.15) is 13.2 Å². The summed E-state index contributed by atoms with van der Waals surface area (Å²) in [5.74, 6) is -0.168. The molecule has 24 heavy (non-hydrogen) atoms. The van der Waals surface area contributed by atoms with Crippen LogP contribution in [0.2, 0.25) is 0 Å². The van der Waals surface area contributed by atoms with Gasteiger partial charge in [0.25, 0.3) is 5.91 Å². The number of aromatic nitrogens is 1. The Morgan fingerprint density at radius 2 is 2.08 bits per heavy atom. The molecule has 0 radical (unpaired) electrons. The highest BCUT2D eigenvalue weighted by molar-refractivity contribution is 5.94. The van der Waals surface area contributed by atoms with Crippen molar-refractivity contribution in [3.63, 3.8) is 0 Å². The molecule has 0 aliphatic rings. The average Bonchev–Trinajstić information content (AvgIpc) is 2.52.